The second-order valence-electron chi connectivity index (χ2n) is 10.0. The molecule has 1 aromatic heterocycles. The zero-order chi connectivity index (χ0) is 28.7. The summed E-state index contributed by atoms with van der Waals surface area (Å²) in [5.41, 5.74) is -1.23. The maximum Gasteiger partial charge on any atom is 0.258 e. The fourth-order valence-corrected chi connectivity index (χ4v) is 8.20. The number of aliphatic hydroxyl groups is 1. The molecule has 0 spiro atoms. The molecule has 1 heterocycles. The summed E-state index contributed by atoms with van der Waals surface area (Å²) >= 11 is 7.88. The molecule has 2 aliphatic rings. The number of sulfonamides is 1. The number of nitrogens with zero attached hydrogens (tertiary/aromatic N) is 1. The summed E-state index contributed by atoms with van der Waals surface area (Å²) in [5, 5.41) is 14.2. The van der Waals surface area contributed by atoms with E-state index in [4.69, 9.17) is 11.6 Å². The number of carbonyl (C=O) groups is 1. The third kappa shape index (κ3) is 5.87. The van der Waals surface area contributed by atoms with Crippen LogP contribution >= 0.6 is 23.4 Å². The van der Waals surface area contributed by atoms with Gasteiger partial charge in [0.25, 0.3) is 15.9 Å². The number of amides is 1. The van der Waals surface area contributed by atoms with Crippen molar-refractivity contribution in [2.24, 2.45) is 11.8 Å². The van der Waals surface area contributed by atoms with Crippen molar-refractivity contribution in [3.05, 3.63) is 82.8 Å². The molecule has 2 aromatic carbocycles. The van der Waals surface area contributed by atoms with Crippen LogP contribution in [0.1, 0.15) is 36.0 Å². The topological polar surface area (TPSA) is 108 Å². The van der Waals surface area contributed by atoms with Crippen molar-refractivity contribution in [1.29, 1.82) is 0 Å². The second-order valence-corrected chi connectivity index (χ2v) is 13.5. The van der Waals surface area contributed by atoms with E-state index in [1.165, 1.54) is 30.1 Å². The third-order valence-electron chi connectivity index (χ3n) is 7.56. The van der Waals surface area contributed by atoms with Gasteiger partial charge in [0.2, 0.25) is 0 Å². The smallest absolute Gasteiger partial charge is 0.258 e. The summed E-state index contributed by atoms with van der Waals surface area (Å²) in [5.74, 6) is -5.38. The zero-order valence-corrected chi connectivity index (χ0v) is 23.3. The van der Waals surface area contributed by atoms with Gasteiger partial charge in [-0.05, 0) is 67.9 Å². The number of hydrogen-bond acceptors (Lipinski definition) is 6. The van der Waals surface area contributed by atoms with Gasteiger partial charge in [-0.25, -0.2) is 31.3 Å². The minimum atomic E-state index is -3.87. The third-order valence-corrected chi connectivity index (χ3v) is 10.6. The first-order valence-electron chi connectivity index (χ1n) is 12.5. The highest BCUT2D eigenvalue weighted by Crippen LogP contribution is 2.53. The first-order valence-corrected chi connectivity index (χ1v) is 15.3. The monoisotopic (exact) mass is 611 g/mol. The first-order chi connectivity index (χ1) is 19.0. The van der Waals surface area contributed by atoms with Gasteiger partial charge in [-0.3, -0.25) is 4.79 Å². The van der Waals surface area contributed by atoms with Crippen LogP contribution in [0.2, 0.25) is 5.02 Å². The molecular weight excluding hydrogens is 587 g/mol. The Morgan fingerprint density at radius 2 is 1.75 bits per heavy atom. The Labute approximate surface area is 238 Å². The summed E-state index contributed by atoms with van der Waals surface area (Å²) in [6.45, 7) is -0.111. The Morgan fingerprint density at radius 1 is 1.07 bits per heavy atom. The molecule has 0 aliphatic heterocycles. The number of benzene rings is 2. The second kappa shape index (κ2) is 11.3. The van der Waals surface area contributed by atoms with Crippen molar-refractivity contribution in [3.8, 4) is 0 Å². The van der Waals surface area contributed by atoms with Crippen molar-refractivity contribution >= 4 is 45.0 Å². The number of anilines is 1. The van der Waals surface area contributed by atoms with Gasteiger partial charge in [0.1, 0.15) is 0 Å². The van der Waals surface area contributed by atoms with Crippen molar-refractivity contribution in [1.82, 2.24) is 9.71 Å². The van der Waals surface area contributed by atoms with Gasteiger partial charge in [0.05, 0.1) is 10.6 Å². The molecule has 13 heteroatoms. The average molecular weight is 612 g/mol. The highest BCUT2D eigenvalue weighted by molar-refractivity contribution is 8.00. The lowest BCUT2D eigenvalue weighted by Crippen LogP contribution is -2.53. The van der Waals surface area contributed by atoms with Crippen LogP contribution in [0.25, 0.3) is 0 Å². The summed E-state index contributed by atoms with van der Waals surface area (Å²) < 4.78 is 68.1. The van der Waals surface area contributed by atoms with Crippen LogP contribution in [0.5, 0.6) is 0 Å². The van der Waals surface area contributed by atoms with Gasteiger partial charge >= 0.3 is 0 Å². The van der Waals surface area contributed by atoms with Gasteiger partial charge in [0.15, 0.2) is 22.5 Å². The molecule has 40 heavy (non-hydrogen) atoms. The maximum atomic E-state index is 13.5. The number of carbonyl (C=O) groups excluding carboxylic acids is 1. The van der Waals surface area contributed by atoms with E-state index in [-0.39, 0.29) is 39.9 Å². The van der Waals surface area contributed by atoms with Crippen LogP contribution in [0.4, 0.5) is 18.9 Å². The molecule has 3 N–H and O–H groups in total. The van der Waals surface area contributed by atoms with E-state index in [2.05, 4.69) is 15.0 Å². The van der Waals surface area contributed by atoms with E-state index >= 15 is 0 Å². The van der Waals surface area contributed by atoms with E-state index in [1.54, 1.807) is 24.3 Å². The van der Waals surface area contributed by atoms with Crippen molar-refractivity contribution in [2.45, 2.75) is 46.5 Å². The Bertz CT molecular complexity index is 1510. The molecule has 0 saturated heterocycles. The average Bonchev–Trinajstić information content (AvgIpc) is 3.08. The number of nitrogens with one attached hydrogen (secondary N) is 2. The summed E-state index contributed by atoms with van der Waals surface area (Å²) in [7, 11) is -3.87. The van der Waals surface area contributed by atoms with Crippen molar-refractivity contribution in [2.75, 3.05) is 11.9 Å². The minimum absolute atomic E-state index is 0.0567. The predicted octanol–water partition coefficient (Wildman–Crippen LogP) is 5.39. The van der Waals surface area contributed by atoms with Crippen LogP contribution in [0, 0.1) is 29.3 Å². The fourth-order valence-electron chi connectivity index (χ4n) is 5.53. The van der Waals surface area contributed by atoms with E-state index in [0.29, 0.717) is 34.9 Å². The molecule has 1 amide bonds. The largest absolute Gasteiger partial charge is 0.388 e. The molecule has 4 atom stereocenters. The molecule has 212 valence electrons. The lowest BCUT2D eigenvalue weighted by molar-refractivity contribution is -0.0520. The lowest BCUT2D eigenvalue weighted by atomic mass is 9.74. The van der Waals surface area contributed by atoms with Crippen LogP contribution < -0.4 is 10.0 Å². The first kappa shape index (κ1) is 28.9. The summed E-state index contributed by atoms with van der Waals surface area (Å²) in [4.78, 5) is 17.2. The van der Waals surface area contributed by atoms with Gasteiger partial charge < -0.3 is 10.4 Å². The highest BCUT2D eigenvalue weighted by atomic mass is 35.5. The molecule has 2 aliphatic carbocycles. The van der Waals surface area contributed by atoms with Gasteiger partial charge in [-0.2, -0.15) is 0 Å². The fraction of sp³-hybridized carbons (Fsp3) is 0.333. The van der Waals surface area contributed by atoms with Crippen LogP contribution in [0.15, 0.2) is 64.6 Å². The van der Waals surface area contributed by atoms with E-state index < -0.39 is 39.0 Å². The molecule has 1 unspecified atom stereocenters. The van der Waals surface area contributed by atoms with Crippen LogP contribution in [-0.2, 0) is 10.0 Å². The Hall–Kier alpha value is -2.64. The van der Waals surface area contributed by atoms with E-state index in [1.807, 2.05) is 0 Å². The number of fused-ring (bicyclic) bond motifs is 2. The number of hydrogen-bond donors (Lipinski definition) is 3. The SMILES string of the molecule is O=C(Nc1cc(F)c(F)c(F)c1)c1ccc(Cl)c(S[C@@H]2CC3CC[C@@H](C2)[C@@]3(O)CNS(=O)(=O)c2ccccn2)c1. The Balaban J connectivity index is 1.25. The van der Waals surface area contributed by atoms with E-state index in [9.17, 15) is 31.5 Å². The summed E-state index contributed by atoms with van der Waals surface area (Å²) in [6, 6.07) is 10.6. The predicted molar refractivity (Wildman–Crippen MR) is 145 cm³/mol. The number of pyridine rings is 1. The number of rotatable bonds is 8. The van der Waals surface area contributed by atoms with Gasteiger partial charge in [-0.15, -0.1) is 11.8 Å². The van der Waals surface area contributed by atoms with Crippen LogP contribution in [-0.4, -0.2) is 41.8 Å². The van der Waals surface area contributed by atoms with Gasteiger partial charge in [0, 0.05) is 46.3 Å². The maximum absolute atomic E-state index is 13.5. The molecule has 3 aromatic rings. The molecule has 5 rings (SSSR count). The Kier molecular flexibility index (Phi) is 8.17. The molecule has 2 saturated carbocycles. The normalized spacial score (nSPS) is 24.2. The summed E-state index contributed by atoms with van der Waals surface area (Å²) in [6.07, 6.45) is 4.13. The number of aromatic nitrogens is 1. The Morgan fingerprint density at radius 3 is 2.38 bits per heavy atom. The molecule has 7 nitrogen and oxygen atoms in total. The quantitative estimate of drug-likeness (QED) is 0.295. The zero-order valence-electron chi connectivity index (χ0n) is 20.9. The molecule has 0 radical (unpaired) electrons. The number of halogens is 4. The molecule has 2 fully saturated rings. The van der Waals surface area contributed by atoms with Crippen molar-refractivity contribution in [3.63, 3.8) is 0 Å². The molecular formula is C27H25ClF3N3O4S2. The minimum Gasteiger partial charge on any atom is -0.388 e. The highest BCUT2D eigenvalue weighted by Gasteiger charge is 2.53. The molecule has 2 bridgehead atoms. The van der Waals surface area contributed by atoms with E-state index in [0.717, 1.165) is 12.8 Å². The van der Waals surface area contributed by atoms with Crippen LogP contribution in [0.3, 0.4) is 0 Å². The standard InChI is InChI=1S/C27H25ClF3N3O4S2/c28-20-7-4-15(26(35)34-18-12-21(29)25(31)22(30)13-18)9-23(20)39-19-10-16-5-6-17(11-19)27(16,36)14-33-40(37,38)24-3-1-2-8-32-24/h1-4,7-9,12-13,16-17,19,33,36H,5-6,10-11,14H2,(H,34,35)/t16-,17?,19-,27-/m0/s1. The lowest BCUT2D eigenvalue weighted by Gasteiger charge is -2.42. The van der Waals surface area contributed by atoms with Crippen molar-refractivity contribution < 1.29 is 31.5 Å². The van der Waals surface area contributed by atoms with Gasteiger partial charge in [-0.1, -0.05) is 17.7 Å². The number of thioether (sulfide) groups is 1.